The van der Waals surface area contributed by atoms with Crippen molar-refractivity contribution in [2.24, 2.45) is 29.6 Å². The molecule has 0 N–H and O–H groups in total. The largest absolute Gasteiger partial charge is 0.392 e. The molecular weight excluding hydrogens is 320 g/mol. The molecule has 0 aliphatic heterocycles. The molecule has 0 aromatic carbocycles. The summed E-state index contributed by atoms with van der Waals surface area (Å²) in [4.78, 5) is 0. The molecular formula is C16H25Cl2F3. The zero-order chi connectivity index (χ0) is 15.6. The molecule has 0 radical (unpaired) electrons. The Morgan fingerprint density at radius 1 is 1.05 bits per heavy atom. The summed E-state index contributed by atoms with van der Waals surface area (Å²) in [5, 5.41) is 0.196. The van der Waals surface area contributed by atoms with E-state index in [1.807, 2.05) is 6.92 Å². The van der Waals surface area contributed by atoms with E-state index in [2.05, 4.69) is 0 Å². The van der Waals surface area contributed by atoms with Crippen LogP contribution < -0.4 is 0 Å². The smallest absolute Gasteiger partial charge is 0.171 e. The zero-order valence-corrected chi connectivity index (χ0v) is 14.0. The van der Waals surface area contributed by atoms with Crippen molar-refractivity contribution in [2.75, 3.05) is 5.88 Å². The van der Waals surface area contributed by atoms with Gasteiger partial charge in [0.2, 0.25) is 0 Å². The number of hydrogen-bond acceptors (Lipinski definition) is 0. The van der Waals surface area contributed by atoms with Crippen LogP contribution in [0, 0.1) is 29.6 Å². The van der Waals surface area contributed by atoms with E-state index in [1.165, 1.54) is 0 Å². The number of hydrogen-bond donors (Lipinski definition) is 0. The van der Waals surface area contributed by atoms with Gasteiger partial charge in [-0.15, -0.1) is 23.2 Å². The lowest BCUT2D eigenvalue weighted by Gasteiger charge is -2.43. The van der Waals surface area contributed by atoms with Crippen LogP contribution in [0.4, 0.5) is 13.2 Å². The first-order chi connectivity index (χ1) is 9.82. The second-order valence-electron chi connectivity index (χ2n) is 7.06. The minimum absolute atomic E-state index is 0.00467. The van der Waals surface area contributed by atoms with Crippen LogP contribution in [0.5, 0.6) is 0 Å². The molecule has 0 aromatic heterocycles. The van der Waals surface area contributed by atoms with Crippen molar-refractivity contribution in [3.05, 3.63) is 0 Å². The second-order valence-corrected chi connectivity index (χ2v) is 7.99. The lowest BCUT2D eigenvalue weighted by molar-refractivity contribution is -0.207. The molecule has 0 aromatic rings. The van der Waals surface area contributed by atoms with Gasteiger partial charge in [-0.25, -0.2) is 0 Å². The van der Waals surface area contributed by atoms with Gasteiger partial charge < -0.3 is 0 Å². The van der Waals surface area contributed by atoms with Crippen LogP contribution in [0.1, 0.15) is 51.9 Å². The highest BCUT2D eigenvalue weighted by atomic mass is 35.5. The second kappa shape index (κ2) is 7.29. The molecule has 4 unspecified atom stereocenters. The highest BCUT2D eigenvalue weighted by molar-refractivity contribution is 6.20. The maximum Gasteiger partial charge on any atom is 0.392 e. The van der Waals surface area contributed by atoms with Gasteiger partial charge in [0.1, 0.15) is 0 Å². The summed E-state index contributed by atoms with van der Waals surface area (Å²) in [5.74, 6) is -0.629. The average molecular weight is 345 g/mol. The first-order valence-electron chi connectivity index (χ1n) is 8.09. The highest BCUT2D eigenvalue weighted by Crippen LogP contribution is 2.50. The number of alkyl halides is 5. The molecule has 0 nitrogen and oxygen atoms in total. The van der Waals surface area contributed by atoms with Crippen LogP contribution in [0.3, 0.4) is 0 Å². The summed E-state index contributed by atoms with van der Waals surface area (Å²) in [6.07, 6.45) is 1.45. The quantitative estimate of drug-likeness (QED) is 0.530. The standard InChI is InChI=1S/C16H25Cl2F3/c1-10-2-7-13(15(8-10)16(19,20)21)14(9-17)11-3-5-12(18)6-4-11/h10-15H,2-9H2,1H3. The van der Waals surface area contributed by atoms with E-state index in [-0.39, 0.29) is 29.6 Å². The van der Waals surface area contributed by atoms with Gasteiger partial charge in [-0.1, -0.05) is 13.3 Å². The molecule has 0 bridgehead atoms. The van der Waals surface area contributed by atoms with Crippen LogP contribution >= 0.6 is 23.2 Å². The van der Waals surface area contributed by atoms with Crippen molar-refractivity contribution in [3.63, 3.8) is 0 Å². The summed E-state index contributed by atoms with van der Waals surface area (Å²) in [6.45, 7) is 1.93. The molecule has 4 atom stereocenters. The maximum absolute atomic E-state index is 13.4. The van der Waals surface area contributed by atoms with E-state index in [1.54, 1.807) is 0 Å². The van der Waals surface area contributed by atoms with E-state index in [4.69, 9.17) is 23.2 Å². The van der Waals surface area contributed by atoms with E-state index >= 15 is 0 Å². The maximum atomic E-state index is 13.4. The van der Waals surface area contributed by atoms with Crippen LogP contribution in [0.25, 0.3) is 0 Å². The fourth-order valence-corrected chi connectivity index (χ4v) is 5.12. The first-order valence-corrected chi connectivity index (χ1v) is 9.06. The topological polar surface area (TPSA) is 0 Å². The lowest BCUT2D eigenvalue weighted by Crippen LogP contribution is -2.42. The number of rotatable bonds is 3. The monoisotopic (exact) mass is 344 g/mol. The third-order valence-corrected chi connectivity index (χ3v) is 6.41. The predicted molar refractivity (Wildman–Crippen MR) is 81.9 cm³/mol. The van der Waals surface area contributed by atoms with Crippen molar-refractivity contribution >= 4 is 23.2 Å². The fraction of sp³-hybridized carbons (Fsp3) is 1.00. The van der Waals surface area contributed by atoms with Crippen molar-refractivity contribution in [2.45, 2.75) is 63.4 Å². The molecule has 21 heavy (non-hydrogen) atoms. The molecule has 2 saturated carbocycles. The van der Waals surface area contributed by atoms with Gasteiger partial charge in [-0.3, -0.25) is 0 Å². The normalized spacial score (nSPS) is 40.0. The van der Waals surface area contributed by atoms with Gasteiger partial charge in [-0.05, 0) is 62.2 Å². The summed E-state index contributed by atoms with van der Waals surface area (Å²) in [6, 6.07) is 0. The molecule has 2 rings (SSSR count). The Bertz CT molecular complexity index is 324. The predicted octanol–water partition coefficient (Wildman–Crippen LogP) is 6.25. The average Bonchev–Trinajstić information content (AvgIpc) is 2.42. The zero-order valence-electron chi connectivity index (χ0n) is 12.5. The Labute approximate surface area is 135 Å². The highest BCUT2D eigenvalue weighted by Gasteiger charge is 2.50. The third-order valence-electron chi connectivity index (χ3n) is 5.62. The van der Waals surface area contributed by atoms with Gasteiger partial charge >= 0.3 is 6.18 Å². The van der Waals surface area contributed by atoms with Gasteiger partial charge in [-0.2, -0.15) is 13.2 Å². The molecule has 0 spiro atoms. The van der Waals surface area contributed by atoms with Crippen molar-refractivity contribution in [1.82, 2.24) is 0 Å². The lowest BCUT2D eigenvalue weighted by atomic mass is 9.64. The Kier molecular flexibility index (Phi) is 6.15. The van der Waals surface area contributed by atoms with Crippen LogP contribution in [-0.2, 0) is 0 Å². The van der Waals surface area contributed by atoms with E-state index in [9.17, 15) is 13.2 Å². The van der Waals surface area contributed by atoms with E-state index in [0.717, 1.165) is 32.1 Å². The van der Waals surface area contributed by atoms with Gasteiger partial charge in [0, 0.05) is 11.3 Å². The Morgan fingerprint density at radius 3 is 2.19 bits per heavy atom. The molecule has 0 saturated heterocycles. The molecule has 2 aliphatic rings. The summed E-state index contributed by atoms with van der Waals surface area (Å²) < 4.78 is 40.3. The first kappa shape index (κ1) is 17.7. The summed E-state index contributed by atoms with van der Waals surface area (Å²) in [7, 11) is 0. The SMILES string of the molecule is CC1CCC(C(CCl)C2CCC(Cl)CC2)C(C(F)(F)F)C1. The summed E-state index contributed by atoms with van der Waals surface area (Å²) >= 11 is 12.2. The van der Waals surface area contributed by atoms with Crippen molar-refractivity contribution < 1.29 is 13.2 Å². The van der Waals surface area contributed by atoms with Crippen molar-refractivity contribution in [1.29, 1.82) is 0 Å². The Morgan fingerprint density at radius 2 is 1.67 bits per heavy atom. The fourth-order valence-electron chi connectivity index (χ4n) is 4.39. The van der Waals surface area contributed by atoms with Gasteiger partial charge in [0.25, 0.3) is 0 Å². The Balaban J connectivity index is 2.11. The minimum Gasteiger partial charge on any atom is -0.171 e. The minimum atomic E-state index is -4.09. The Hall–Kier alpha value is 0.370. The molecule has 124 valence electrons. The van der Waals surface area contributed by atoms with Crippen molar-refractivity contribution in [3.8, 4) is 0 Å². The van der Waals surface area contributed by atoms with Gasteiger partial charge in [0.15, 0.2) is 0 Å². The van der Waals surface area contributed by atoms with Gasteiger partial charge in [0.05, 0.1) is 5.92 Å². The molecule has 0 amide bonds. The molecule has 0 heterocycles. The van der Waals surface area contributed by atoms with Crippen LogP contribution in [0.15, 0.2) is 0 Å². The van der Waals surface area contributed by atoms with Crippen LogP contribution in [0.2, 0.25) is 0 Å². The molecule has 5 heteroatoms. The summed E-state index contributed by atoms with van der Waals surface area (Å²) in [5.41, 5.74) is 0. The molecule has 2 aliphatic carbocycles. The van der Waals surface area contributed by atoms with E-state index < -0.39 is 12.1 Å². The van der Waals surface area contributed by atoms with Crippen LogP contribution in [-0.4, -0.2) is 17.4 Å². The number of halogens is 5. The third kappa shape index (κ3) is 4.43. The molecule has 2 fully saturated rings. The van der Waals surface area contributed by atoms with E-state index in [0.29, 0.717) is 18.2 Å².